The number of carbonyl (C=O) groups excluding carboxylic acids is 1. The third-order valence-electron chi connectivity index (χ3n) is 2.02. The molecule has 0 radical (unpaired) electrons. The summed E-state index contributed by atoms with van der Waals surface area (Å²) in [6.07, 6.45) is 0.565. The Kier molecular flexibility index (Phi) is 3.13. The molecule has 0 aliphatic heterocycles. The van der Waals surface area contributed by atoms with Gasteiger partial charge in [-0.05, 0) is 18.2 Å². The molecule has 0 atom stereocenters. The lowest BCUT2D eigenvalue weighted by atomic mass is 10.2. The molecule has 0 unspecified atom stereocenters. The summed E-state index contributed by atoms with van der Waals surface area (Å²) >= 11 is 0. The Hall–Kier alpha value is -2.24. The fourth-order valence-corrected chi connectivity index (χ4v) is 1.25. The van der Waals surface area contributed by atoms with Crippen LogP contribution in [0.4, 0.5) is 4.39 Å². The van der Waals surface area contributed by atoms with Crippen LogP contribution in [-0.2, 0) is 6.61 Å². The molecule has 6 heteroatoms. The van der Waals surface area contributed by atoms with Gasteiger partial charge in [-0.25, -0.2) is 4.39 Å². The van der Waals surface area contributed by atoms with Crippen LogP contribution in [0.2, 0.25) is 0 Å². The monoisotopic (exact) mass is 236 g/mol. The van der Waals surface area contributed by atoms with Crippen molar-refractivity contribution in [2.75, 3.05) is 0 Å². The first-order valence-electron chi connectivity index (χ1n) is 4.86. The number of rotatable bonds is 4. The molecule has 5 nitrogen and oxygen atoms in total. The van der Waals surface area contributed by atoms with Crippen molar-refractivity contribution in [1.29, 1.82) is 0 Å². The van der Waals surface area contributed by atoms with E-state index in [1.165, 1.54) is 12.1 Å². The van der Waals surface area contributed by atoms with Gasteiger partial charge in [0.05, 0.1) is 0 Å². The Morgan fingerprint density at radius 3 is 2.94 bits per heavy atom. The molecule has 0 aliphatic rings. The van der Waals surface area contributed by atoms with Gasteiger partial charge in [-0.3, -0.25) is 4.79 Å². The number of hydrogen-bond donors (Lipinski definition) is 0. The Balaban J connectivity index is 2.06. The molecule has 1 aromatic carbocycles. The van der Waals surface area contributed by atoms with Gasteiger partial charge < -0.3 is 9.26 Å². The van der Waals surface area contributed by atoms with E-state index >= 15 is 0 Å². The predicted molar refractivity (Wildman–Crippen MR) is 55.2 cm³/mol. The number of nitrogens with zero attached hydrogens (tertiary/aromatic N) is 2. The van der Waals surface area contributed by atoms with E-state index in [0.29, 0.717) is 18.0 Å². The summed E-state index contributed by atoms with van der Waals surface area (Å²) in [5.74, 6) is 0.189. The van der Waals surface area contributed by atoms with E-state index in [1.54, 1.807) is 6.92 Å². The average molecular weight is 236 g/mol. The van der Waals surface area contributed by atoms with Crippen LogP contribution in [0, 0.1) is 12.7 Å². The second-order valence-electron chi connectivity index (χ2n) is 3.33. The minimum absolute atomic E-state index is 0.00863. The van der Waals surface area contributed by atoms with E-state index in [9.17, 15) is 9.18 Å². The van der Waals surface area contributed by atoms with Crippen LogP contribution in [0.25, 0.3) is 0 Å². The highest BCUT2D eigenvalue weighted by molar-refractivity contribution is 5.74. The minimum Gasteiger partial charge on any atom is -0.482 e. The molecule has 0 spiro atoms. The molecule has 0 N–H and O–H groups in total. The lowest BCUT2D eigenvalue weighted by Gasteiger charge is -2.04. The average Bonchev–Trinajstić information content (AvgIpc) is 2.73. The predicted octanol–water partition coefficient (Wildman–Crippen LogP) is 1.91. The third-order valence-corrected chi connectivity index (χ3v) is 2.02. The third kappa shape index (κ3) is 2.66. The Morgan fingerprint density at radius 2 is 2.35 bits per heavy atom. The number of carbonyl (C=O) groups is 1. The van der Waals surface area contributed by atoms with Crippen molar-refractivity contribution in [3.8, 4) is 5.75 Å². The van der Waals surface area contributed by atoms with Crippen molar-refractivity contribution in [2.45, 2.75) is 13.5 Å². The molecular formula is C11H9FN2O3. The molecule has 0 saturated carbocycles. The zero-order valence-corrected chi connectivity index (χ0v) is 9.01. The van der Waals surface area contributed by atoms with Crippen molar-refractivity contribution in [3.63, 3.8) is 0 Å². The van der Waals surface area contributed by atoms with Gasteiger partial charge in [0, 0.05) is 12.5 Å². The molecular weight excluding hydrogens is 227 g/mol. The zero-order chi connectivity index (χ0) is 12.3. The topological polar surface area (TPSA) is 65.2 Å². The number of hydrogen-bond acceptors (Lipinski definition) is 5. The number of aromatic nitrogens is 2. The quantitative estimate of drug-likeness (QED) is 0.758. The lowest BCUT2D eigenvalue weighted by Crippen LogP contribution is -1.99. The van der Waals surface area contributed by atoms with Gasteiger partial charge in [0.15, 0.2) is 18.2 Å². The largest absolute Gasteiger partial charge is 0.482 e. The van der Waals surface area contributed by atoms with Gasteiger partial charge in [-0.15, -0.1) is 0 Å². The molecule has 0 saturated heterocycles. The first kappa shape index (κ1) is 11.3. The molecule has 2 aromatic rings. The molecule has 0 bridgehead atoms. The van der Waals surface area contributed by atoms with Gasteiger partial charge in [0.2, 0.25) is 11.7 Å². The van der Waals surface area contributed by atoms with Crippen LogP contribution >= 0.6 is 0 Å². The molecule has 0 amide bonds. The number of halogens is 1. The van der Waals surface area contributed by atoms with Crippen LogP contribution < -0.4 is 4.74 Å². The van der Waals surface area contributed by atoms with Gasteiger partial charge in [-0.1, -0.05) is 5.16 Å². The van der Waals surface area contributed by atoms with Gasteiger partial charge in [0.1, 0.15) is 6.29 Å². The summed E-state index contributed by atoms with van der Waals surface area (Å²) in [6.45, 7) is 1.66. The molecule has 1 heterocycles. The van der Waals surface area contributed by atoms with E-state index in [1.807, 2.05) is 0 Å². The summed E-state index contributed by atoms with van der Waals surface area (Å²) in [6, 6.07) is 3.95. The first-order valence-corrected chi connectivity index (χ1v) is 4.86. The molecule has 1 aromatic heterocycles. The molecule has 2 rings (SSSR count). The summed E-state index contributed by atoms with van der Waals surface area (Å²) in [5, 5.41) is 3.60. The van der Waals surface area contributed by atoms with E-state index in [2.05, 4.69) is 10.1 Å². The van der Waals surface area contributed by atoms with E-state index in [0.717, 1.165) is 6.07 Å². The maximum absolute atomic E-state index is 13.4. The van der Waals surface area contributed by atoms with Crippen LogP contribution in [0.5, 0.6) is 5.75 Å². The van der Waals surface area contributed by atoms with Crippen molar-refractivity contribution in [2.24, 2.45) is 0 Å². The zero-order valence-electron chi connectivity index (χ0n) is 9.01. The van der Waals surface area contributed by atoms with Crippen LogP contribution in [0.15, 0.2) is 22.7 Å². The van der Waals surface area contributed by atoms with Crippen molar-refractivity contribution >= 4 is 6.29 Å². The van der Waals surface area contributed by atoms with Gasteiger partial charge >= 0.3 is 0 Å². The molecule has 0 fully saturated rings. The molecule has 17 heavy (non-hydrogen) atoms. The fourth-order valence-electron chi connectivity index (χ4n) is 1.25. The first-order chi connectivity index (χ1) is 8.19. The maximum atomic E-state index is 13.4. The Morgan fingerprint density at radius 1 is 1.53 bits per heavy atom. The highest BCUT2D eigenvalue weighted by Gasteiger charge is 2.07. The number of aryl methyl sites for hydroxylation is 1. The van der Waals surface area contributed by atoms with Gasteiger partial charge in [-0.2, -0.15) is 4.98 Å². The molecule has 88 valence electrons. The second kappa shape index (κ2) is 4.73. The maximum Gasteiger partial charge on any atom is 0.223 e. The minimum atomic E-state index is -0.602. The van der Waals surface area contributed by atoms with Crippen molar-refractivity contribution in [3.05, 3.63) is 41.3 Å². The number of benzene rings is 1. The Bertz CT molecular complexity index is 539. The smallest absolute Gasteiger partial charge is 0.223 e. The van der Waals surface area contributed by atoms with Crippen LogP contribution in [0.1, 0.15) is 22.1 Å². The van der Waals surface area contributed by atoms with Crippen molar-refractivity contribution < 1.29 is 18.4 Å². The van der Waals surface area contributed by atoms with Crippen LogP contribution in [0.3, 0.4) is 0 Å². The van der Waals surface area contributed by atoms with Crippen molar-refractivity contribution in [1.82, 2.24) is 10.1 Å². The number of aldehydes is 1. The Labute approximate surface area is 96.2 Å². The van der Waals surface area contributed by atoms with E-state index in [4.69, 9.17) is 9.26 Å². The summed E-state index contributed by atoms with van der Waals surface area (Å²) in [5.41, 5.74) is 0.255. The lowest BCUT2D eigenvalue weighted by molar-refractivity contribution is 0.112. The van der Waals surface area contributed by atoms with E-state index < -0.39 is 5.82 Å². The SMILES string of the molecule is Cc1nc(COc2ccc(C=O)cc2F)no1. The number of ether oxygens (including phenoxy) is 1. The van der Waals surface area contributed by atoms with Gasteiger partial charge in [0.25, 0.3) is 0 Å². The van der Waals surface area contributed by atoms with E-state index in [-0.39, 0.29) is 17.9 Å². The normalized spacial score (nSPS) is 10.2. The summed E-state index contributed by atoms with van der Waals surface area (Å²) in [7, 11) is 0. The summed E-state index contributed by atoms with van der Waals surface area (Å²) in [4.78, 5) is 14.3. The summed E-state index contributed by atoms with van der Waals surface area (Å²) < 4.78 is 23.3. The fraction of sp³-hybridized carbons (Fsp3) is 0.182. The molecule has 0 aliphatic carbocycles. The van der Waals surface area contributed by atoms with Crippen LogP contribution in [-0.4, -0.2) is 16.4 Å². The highest BCUT2D eigenvalue weighted by atomic mass is 19.1. The highest BCUT2D eigenvalue weighted by Crippen LogP contribution is 2.18. The standard InChI is InChI=1S/C11H9FN2O3/c1-7-13-11(14-17-7)6-16-10-3-2-8(5-15)4-9(10)12/h2-5H,6H2,1H3. The second-order valence-corrected chi connectivity index (χ2v) is 3.33.